The SMILES string of the molecule is Cc1c(C(=O)NC2(C(=O)O)CCCCC2)nnn1-c1ccccc1. The predicted octanol–water partition coefficient (Wildman–Crippen LogP) is 2.09. The minimum atomic E-state index is -1.20. The number of amides is 1. The first-order valence-corrected chi connectivity index (χ1v) is 8.07. The van der Waals surface area contributed by atoms with E-state index >= 15 is 0 Å². The van der Waals surface area contributed by atoms with Crippen LogP contribution in [0.2, 0.25) is 0 Å². The average Bonchev–Trinajstić information content (AvgIpc) is 2.98. The summed E-state index contributed by atoms with van der Waals surface area (Å²) in [6.45, 7) is 1.75. The van der Waals surface area contributed by atoms with Crippen molar-refractivity contribution in [3.8, 4) is 5.69 Å². The molecule has 3 rings (SSSR count). The topological polar surface area (TPSA) is 97.1 Å². The summed E-state index contributed by atoms with van der Waals surface area (Å²) in [4.78, 5) is 24.3. The molecule has 0 saturated heterocycles. The summed E-state index contributed by atoms with van der Waals surface area (Å²) in [6.07, 6.45) is 3.47. The summed E-state index contributed by atoms with van der Waals surface area (Å²) in [5, 5.41) is 20.3. The number of carboxylic acid groups (broad SMARTS) is 1. The van der Waals surface area contributed by atoms with E-state index in [0.29, 0.717) is 18.5 Å². The zero-order valence-electron chi connectivity index (χ0n) is 13.5. The van der Waals surface area contributed by atoms with Crippen molar-refractivity contribution in [1.29, 1.82) is 0 Å². The van der Waals surface area contributed by atoms with Crippen LogP contribution in [0.3, 0.4) is 0 Å². The van der Waals surface area contributed by atoms with Crippen molar-refractivity contribution in [3.63, 3.8) is 0 Å². The molecular formula is C17H20N4O3. The van der Waals surface area contributed by atoms with Gasteiger partial charge in [0.1, 0.15) is 5.54 Å². The molecule has 2 aromatic rings. The fourth-order valence-corrected chi connectivity index (χ4v) is 3.18. The van der Waals surface area contributed by atoms with Gasteiger partial charge in [0.2, 0.25) is 0 Å². The number of para-hydroxylation sites is 1. The highest BCUT2D eigenvalue weighted by molar-refractivity contribution is 5.97. The number of carboxylic acids is 1. The fourth-order valence-electron chi connectivity index (χ4n) is 3.18. The molecule has 0 atom stereocenters. The molecule has 0 unspecified atom stereocenters. The minimum absolute atomic E-state index is 0.157. The normalized spacial score (nSPS) is 16.5. The van der Waals surface area contributed by atoms with Gasteiger partial charge in [-0.25, -0.2) is 9.48 Å². The summed E-state index contributed by atoms with van der Waals surface area (Å²) >= 11 is 0. The molecule has 1 aromatic carbocycles. The van der Waals surface area contributed by atoms with E-state index in [0.717, 1.165) is 24.9 Å². The van der Waals surface area contributed by atoms with Gasteiger partial charge in [0, 0.05) is 0 Å². The van der Waals surface area contributed by atoms with Gasteiger partial charge >= 0.3 is 5.97 Å². The summed E-state index contributed by atoms with van der Waals surface area (Å²) in [7, 11) is 0. The van der Waals surface area contributed by atoms with Crippen LogP contribution >= 0.6 is 0 Å². The Balaban J connectivity index is 1.85. The van der Waals surface area contributed by atoms with Crippen LogP contribution in [0, 0.1) is 6.92 Å². The van der Waals surface area contributed by atoms with Gasteiger partial charge in [-0.05, 0) is 31.9 Å². The van der Waals surface area contributed by atoms with Crippen LogP contribution in [0.1, 0.15) is 48.3 Å². The Kier molecular flexibility index (Phi) is 4.33. The van der Waals surface area contributed by atoms with Gasteiger partial charge in [0.05, 0.1) is 11.4 Å². The Bertz CT molecular complexity index is 748. The molecule has 1 aliphatic rings. The molecule has 0 aliphatic heterocycles. The number of carbonyl (C=O) groups excluding carboxylic acids is 1. The highest BCUT2D eigenvalue weighted by atomic mass is 16.4. The molecule has 1 heterocycles. The molecule has 1 aliphatic carbocycles. The van der Waals surface area contributed by atoms with Crippen LogP contribution in [0.4, 0.5) is 0 Å². The second-order valence-electron chi connectivity index (χ2n) is 6.17. The summed E-state index contributed by atoms with van der Waals surface area (Å²) in [5.74, 6) is -1.47. The fraction of sp³-hybridized carbons (Fsp3) is 0.412. The number of aromatic nitrogens is 3. The predicted molar refractivity (Wildman–Crippen MR) is 87.0 cm³/mol. The van der Waals surface area contributed by atoms with Crippen LogP contribution in [-0.2, 0) is 4.79 Å². The van der Waals surface area contributed by atoms with Crippen molar-refractivity contribution in [1.82, 2.24) is 20.3 Å². The molecule has 126 valence electrons. The first kappa shape index (κ1) is 16.2. The molecule has 7 heteroatoms. The van der Waals surface area contributed by atoms with Crippen molar-refractivity contribution >= 4 is 11.9 Å². The van der Waals surface area contributed by atoms with Gasteiger partial charge in [0.15, 0.2) is 5.69 Å². The lowest BCUT2D eigenvalue weighted by molar-refractivity contribution is -0.145. The number of nitrogens with zero attached hydrogens (tertiary/aromatic N) is 3. The number of hydrogen-bond acceptors (Lipinski definition) is 4. The molecule has 0 radical (unpaired) electrons. The van der Waals surface area contributed by atoms with Gasteiger partial charge in [0.25, 0.3) is 5.91 Å². The Labute approximate surface area is 139 Å². The summed E-state index contributed by atoms with van der Waals surface area (Å²) in [5.41, 5.74) is 0.338. The van der Waals surface area contributed by atoms with Gasteiger partial charge in [-0.1, -0.05) is 42.7 Å². The maximum absolute atomic E-state index is 12.6. The van der Waals surface area contributed by atoms with E-state index in [2.05, 4.69) is 15.6 Å². The first-order valence-electron chi connectivity index (χ1n) is 8.07. The van der Waals surface area contributed by atoms with Gasteiger partial charge in [-0.2, -0.15) is 0 Å². The molecule has 7 nitrogen and oxygen atoms in total. The Morgan fingerprint density at radius 2 is 1.83 bits per heavy atom. The lowest BCUT2D eigenvalue weighted by Crippen LogP contribution is -2.55. The molecule has 0 spiro atoms. The minimum Gasteiger partial charge on any atom is -0.480 e. The smallest absolute Gasteiger partial charge is 0.329 e. The molecule has 24 heavy (non-hydrogen) atoms. The molecular weight excluding hydrogens is 308 g/mol. The standard InChI is InChI=1S/C17H20N4O3/c1-12-14(19-20-21(12)13-8-4-2-5-9-13)15(22)18-17(16(23)24)10-6-3-7-11-17/h2,4-5,8-9H,3,6-7,10-11H2,1H3,(H,18,22)(H,23,24). The van der Waals surface area contributed by atoms with E-state index in [4.69, 9.17) is 0 Å². The van der Waals surface area contributed by atoms with Gasteiger partial charge < -0.3 is 10.4 Å². The highest BCUT2D eigenvalue weighted by Crippen LogP contribution is 2.29. The third-order valence-corrected chi connectivity index (χ3v) is 4.58. The van der Waals surface area contributed by atoms with Gasteiger partial charge in [-0.15, -0.1) is 5.10 Å². The Hall–Kier alpha value is -2.70. The van der Waals surface area contributed by atoms with Crippen LogP contribution < -0.4 is 5.32 Å². The largest absolute Gasteiger partial charge is 0.480 e. The van der Waals surface area contributed by atoms with Crippen LogP contribution in [-0.4, -0.2) is 37.5 Å². The van der Waals surface area contributed by atoms with E-state index in [1.54, 1.807) is 11.6 Å². The number of hydrogen-bond donors (Lipinski definition) is 2. The molecule has 1 amide bonds. The third kappa shape index (κ3) is 2.89. The number of aliphatic carboxylic acids is 1. The van der Waals surface area contributed by atoms with Crippen LogP contribution in [0.25, 0.3) is 5.69 Å². The molecule has 1 fully saturated rings. The van der Waals surface area contributed by atoms with Crippen molar-refractivity contribution in [3.05, 3.63) is 41.7 Å². The van der Waals surface area contributed by atoms with E-state index in [1.807, 2.05) is 30.3 Å². The van der Waals surface area contributed by atoms with E-state index < -0.39 is 17.4 Å². The van der Waals surface area contributed by atoms with Crippen molar-refractivity contribution in [2.75, 3.05) is 0 Å². The van der Waals surface area contributed by atoms with Gasteiger partial charge in [-0.3, -0.25) is 4.79 Å². The molecule has 0 bridgehead atoms. The number of benzene rings is 1. The van der Waals surface area contributed by atoms with E-state index in [1.165, 1.54) is 0 Å². The summed E-state index contributed by atoms with van der Waals surface area (Å²) < 4.78 is 1.57. The quantitative estimate of drug-likeness (QED) is 0.896. The third-order valence-electron chi connectivity index (χ3n) is 4.58. The number of rotatable bonds is 4. The van der Waals surface area contributed by atoms with E-state index in [9.17, 15) is 14.7 Å². The van der Waals surface area contributed by atoms with E-state index in [-0.39, 0.29) is 5.69 Å². The Morgan fingerprint density at radius 1 is 1.17 bits per heavy atom. The lowest BCUT2D eigenvalue weighted by Gasteiger charge is -2.33. The zero-order chi connectivity index (χ0) is 17.2. The number of carbonyl (C=O) groups is 2. The number of nitrogens with one attached hydrogen (secondary N) is 1. The Morgan fingerprint density at radius 3 is 2.46 bits per heavy atom. The van der Waals surface area contributed by atoms with Crippen LogP contribution in [0.5, 0.6) is 0 Å². The maximum Gasteiger partial charge on any atom is 0.329 e. The van der Waals surface area contributed by atoms with Crippen LogP contribution in [0.15, 0.2) is 30.3 Å². The average molecular weight is 328 g/mol. The second kappa shape index (κ2) is 6.43. The zero-order valence-corrected chi connectivity index (χ0v) is 13.5. The lowest BCUT2D eigenvalue weighted by atomic mass is 9.81. The van der Waals surface area contributed by atoms with Crippen molar-refractivity contribution in [2.24, 2.45) is 0 Å². The molecule has 1 saturated carbocycles. The monoisotopic (exact) mass is 328 g/mol. The molecule has 2 N–H and O–H groups in total. The van der Waals surface area contributed by atoms with Crippen molar-refractivity contribution in [2.45, 2.75) is 44.6 Å². The second-order valence-corrected chi connectivity index (χ2v) is 6.17. The first-order chi connectivity index (χ1) is 11.5. The maximum atomic E-state index is 12.6. The van der Waals surface area contributed by atoms with Crippen molar-refractivity contribution < 1.29 is 14.7 Å². The summed E-state index contributed by atoms with van der Waals surface area (Å²) in [6, 6.07) is 9.37. The highest BCUT2D eigenvalue weighted by Gasteiger charge is 2.41. The molecule has 1 aromatic heterocycles.